The van der Waals surface area contributed by atoms with Crippen LogP contribution in [0.3, 0.4) is 0 Å². The highest BCUT2D eigenvalue weighted by Crippen LogP contribution is 2.35. The number of amides is 5. The van der Waals surface area contributed by atoms with E-state index in [1.54, 1.807) is 42.5 Å². The van der Waals surface area contributed by atoms with Gasteiger partial charge in [-0.15, -0.1) is 0 Å². The lowest BCUT2D eigenvalue weighted by molar-refractivity contribution is -0.136. The predicted octanol–water partition coefficient (Wildman–Crippen LogP) is 4.38. The second-order valence-electron chi connectivity index (χ2n) is 15.1. The maximum Gasteiger partial charge on any atom is 0.264 e. The van der Waals surface area contributed by atoms with Gasteiger partial charge in [-0.3, -0.25) is 34.2 Å². The number of benzene rings is 2. The van der Waals surface area contributed by atoms with Crippen molar-refractivity contribution in [3.63, 3.8) is 0 Å². The number of hydrogen-bond donors (Lipinski definition) is 3. The molecule has 0 radical (unpaired) electrons. The van der Waals surface area contributed by atoms with E-state index in [0.29, 0.717) is 105 Å². The molecular weight excluding hydrogens is 823 g/mol. The van der Waals surface area contributed by atoms with Gasteiger partial charge >= 0.3 is 0 Å². The van der Waals surface area contributed by atoms with Crippen LogP contribution in [0.25, 0.3) is 22.3 Å². The number of rotatable bonds is 21. The van der Waals surface area contributed by atoms with Crippen LogP contribution in [0.15, 0.2) is 98.1 Å². The summed E-state index contributed by atoms with van der Waals surface area (Å²) in [5.74, 6) is -0.873. The van der Waals surface area contributed by atoms with Gasteiger partial charge in [-0.05, 0) is 74.2 Å². The quantitative estimate of drug-likeness (QED) is 0.0348. The van der Waals surface area contributed by atoms with Crippen molar-refractivity contribution in [2.24, 2.45) is 0 Å². The summed E-state index contributed by atoms with van der Waals surface area (Å²) in [5.41, 5.74) is 9.31. The molecule has 3 aliphatic rings. The molecule has 5 heterocycles. The third-order valence-electron chi connectivity index (χ3n) is 10.8. The number of carbonyl (C=O) groups excluding carboxylic acids is 5. The first kappa shape index (κ1) is 45.0. The predicted molar refractivity (Wildman–Crippen MR) is 237 cm³/mol. The van der Waals surface area contributed by atoms with Crippen molar-refractivity contribution in [2.45, 2.75) is 44.2 Å². The van der Waals surface area contributed by atoms with Gasteiger partial charge in [-0.25, -0.2) is 14.6 Å². The Labute approximate surface area is 369 Å². The molecule has 0 bridgehead atoms. The van der Waals surface area contributed by atoms with E-state index in [4.69, 9.17) is 29.8 Å². The number of nitrogens with one attached hydrogen (secondary N) is 2. The zero-order chi connectivity index (χ0) is 45.0. The van der Waals surface area contributed by atoms with Gasteiger partial charge in [-0.2, -0.15) is 5.10 Å². The van der Waals surface area contributed by atoms with Gasteiger partial charge in [0, 0.05) is 37.3 Å². The number of nitrogen functional groups attached to an aromatic ring is 1. The van der Waals surface area contributed by atoms with Gasteiger partial charge in [0.15, 0.2) is 5.65 Å². The van der Waals surface area contributed by atoms with Crippen LogP contribution in [0, 0.1) is 0 Å². The highest BCUT2D eigenvalue weighted by atomic mass is 16.5. The molecule has 3 aliphatic heterocycles. The number of anilines is 2. The molecule has 0 saturated carbocycles. The molecule has 2 unspecified atom stereocenters. The van der Waals surface area contributed by atoms with Crippen LogP contribution in [-0.4, -0.2) is 124 Å². The molecule has 2 aromatic heterocycles. The van der Waals surface area contributed by atoms with Crippen LogP contribution in [0.5, 0.6) is 5.75 Å². The van der Waals surface area contributed by atoms with Crippen molar-refractivity contribution in [1.82, 2.24) is 34.9 Å². The van der Waals surface area contributed by atoms with Crippen LogP contribution in [0.4, 0.5) is 11.5 Å². The number of piperidine rings is 2. The molecule has 334 valence electrons. The molecule has 18 heteroatoms. The minimum atomic E-state index is -1.03. The molecule has 2 saturated heterocycles. The number of fused-ring (bicyclic) bond motifs is 2. The number of likely N-dealkylation sites (tertiary alicyclic amines) is 1. The number of allylic oxidation sites excluding steroid dienone is 3. The van der Waals surface area contributed by atoms with Gasteiger partial charge in [0.1, 0.15) is 35.4 Å². The number of hydrogen-bond acceptors (Lipinski definition) is 14. The fourth-order valence-electron chi connectivity index (χ4n) is 7.75. The third-order valence-corrected chi connectivity index (χ3v) is 10.8. The Morgan fingerprint density at radius 1 is 0.938 bits per heavy atom. The second kappa shape index (κ2) is 21.4. The summed E-state index contributed by atoms with van der Waals surface area (Å²) in [4.78, 5) is 75.0. The minimum absolute atomic E-state index is 0.0540. The summed E-state index contributed by atoms with van der Waals surface area (Å²) in [7, 11) is 0. The molecule has 7 rings (SSSR count). The van der Waals surface area contributed by atoms with E-state index in [-0.39, 0.29) is 35.9 Å². The van der Waals surface area contributed by atoms with Gasteiger partial charge in [-0.1, -0.05) is 37.5 Å². The van der Waals surface area contributed by atoms with Crippen molar-refractivity contribution in [1.29, 1.82) is 0 Å². The van der Waals surface area contributed by atoms with Crippen LogP contribution < -0.4 is 21.1 Å². The first-order chi connectivity index (χ1) is 31.1. The maximum atomic E-state index is 13.2. The fourth-order valence-corrected chi connectivity index (χ4v) is 7.75. The monoisotopic (exact) mass is 873 g/mol. The van der Waals surface area contributed by atoms with Crippen LogP contribution in [-0.2, 0) is 28.6 Å². The largest absolute Gasteiger partial charge is 0.458 e. The topological polar surface area (TPSA) is 222 Å². The lowest BCUT2D eigenvalue weighted by Gasteiger charge is -2.32. The lowest BCUT2D eigenvalue weighted by Crippen LogP contribution is -2.54. The van der Waals surface area contributed by atoms with Crippen LogP contribution >= 0.6 is 0 Å². The molecule has 0 spiro atoms. The number of carbonyl (C=O) groups is 5. The Morgan fingerprint density at radius 3 is 2.47 bits per heavy atom. The molecule has 5 amide bonds. The van der Waals surface area contributed by atoms with Crippen LogP contribution in [0.2, 0.25) is 0 Å². The third kappa shape index (κ3) is 10.6. The van der Waals surface area contributed by atoms with E-state index in [0.717, 1.165) is 23.3 Å². The van der Waals surface area contributed by atoms with E-state index < -0.39 is 29.7 Å². The van der Waals surface area contributed by atoms with Crippen molar-refractivity contribution in [2.75, 3.05) is 70.3 Å². The van der Waals surface area contributed by atoms with Crippen molar-refractivity contribution in [3.8, 4) is 17.0 Å². The molecule has 4 N–H and O–H groups in total. The van der Waals surface area contributed by atoms with Crippen molar-refractivity contribution in [3.05, 3.63) is 109 Å². The zero-order valence-electron chi connectivity index (χ0n) is 35.4. The number of aromatic nitrogens is 4. The Morgan fingerprint density at radius 2 is 1.70 bits per heavy atom. The Bertz CT molecular complexity index is 2460. The normalized spacial score (nSPS) is 17.7. The standard InChI is InChI=1S/C46H51N9O9/c1-3-4-9-30(2)64-33-16-14-31(15-17-33)41-40-42(47)49-29-50-43(40)55(52-41)32-10-8-21-53(28-32)38(57)13-5-6-22-61-24-26-63-27-25-62-23-20-48-35-12-7-11-34-39(35)46(60)54(45(34)59)36-18-19-37(56)51-44(36)58/h3-5,7,9,11-17,29,32,36,48H,1-2,6,8,10,18-28H2,(H2,47,49,50)(H,51,56,58)/b9-4-,13-5+. The highest BCUT2D eigenvalue weighted by Gasteiger charge is 2.45. The molecule has 2 fully saturated rings. The minimum Gasteiger partial charge on any atom is -0.458 e. The highest BCUT2D eigenvalue weighted by molar-refractivity contribution is 6.25. The van der Waals surface area contributed by atoms with E-state index in [1.165, 1.54) is 6.33 Å². The summed E-state index contributed by atoms with van der Waals surface area (Å²) in [5, 5.41) is 11.0. The van der Waals surface area contributed by atoms with Crippen molar-refractivity contribution >= 4 is 52.1 Å². The second-order valence-corrected chi connectivity index (χ2v) is 15.1. The van der Waals surface area contributed by atoms with Crippen LogP contribution in [0.1, 0.15) is 58.9 Å². The van der Waals surface area contributed by atoms with Gasteiger partial charge in [0.25, 0.3) is 11.8 Å². The lowest BCUT2D eigenvalue weighted by atomic mass is 10.0. The zero-order valence-corrected chi connectivity index (χ0v) is 35.4. The number of imide groups is 2. The fraction of sp³-hybridized carbons (Fsp3) is 0.348. The van der Waals surface area contributed by atoms with E-state index in [2.05, 4.69) is 33.8 Å². The molecule has 18 nitrogen and oxygen atoms in total. The average molecular weight is 874 g/mol. The summed E-state index contributed by atoms with van der Waals surface area (Å²) < 4.78 is 24.6. The summed E-state index contributed by atoms with van der Waals surface area (Å²) >= 11 is 0. The Balaban J connectivity index is 0.781. The molecule has 0 aliphatic carbocycles. The van der Waals surface area contributed by atoms with Gasteiger partial charge < -0.3 is 34.9 Å². The van der Waals surface area contributed by atoms with E-state index in [9.17, 15) is 24.0 Å². The van der Waals surface area contributed by atoms with E-state index >= 15 is 0 Å². The van der Waals surface area contributed by atoms with Gasteiger partial charge in [0.2, 0.25) is 17.7 Å². The molecule has 2 aromatic carbocycles. The summed E-state index contributed by atoms with van der Waals surface area (Å²) in [6.45, 7) is 11.2. The number of ether oxygens (including phenoxy) is 4. The van der Waals surface area contributed by atoms with E-state index in [1.807, 2.05) is 39.9 Å². The molecule has 2 atom stereocenters. The average Bonchev–Trinajstić information content (AvgIpc) is 3.81. The first-order valence-corrected chi connectivity index (χ1v) is 21.2. The summed E-state index contributed by atoms with van der Waals surface area (Å²) in [6.07, 6.45) is 12.3. The first-order valence-electron chi connectivity index (χ1n) is 21.2. The van der Waals surface area contributed by atoms with Gasteiger partial charge in [0.05, 0.1) is 62.2 Å². The maximum absolute atomic E-state index is 13.2. The Hall–Kier alpha value is -7.02. The Kier molecular flexibility index (Phi) is 15.0. The molecule has 64 heavy (non-hydrogen) atoms. The molecular formula is C46H51N9O9. The number of nitrogens with zero attached hydrogens (tertiary/aromatic N) is 6. The SMILES string of the molecule is C=C/C=C\C(=C)Oc1ccc(-c2nn(C3CCCN(C(=O)/C=C/CCOCCOCCOCCNc4cccc5c4C(=O)N(C4CCC(=O)NC4=O)C5=O)C3)c3ncnc(N)c23)cc1. The summed E-state index contributed by atoms with van der Waals surface area (Å²) in [6, 6.07) is 11.2. The smallest absolute Gasteiger partial charge is 0.264 e. The number of nitrogens with two attached hydrogens (primary N) is 1. The van der Waals surface area contributed by atoms with Crippen molar-refractivity contribution < 1.29 is 42.9 Å². The molecule has 4 aromatic rings.